The molecule has 7 heteroatoms. The number of nitrogens with zero attached hydrogens (tertiary/aromatic N) is 1. The molecule has 2 aromatic rings. The van der Waals surface area contributed by atoms with E-state index in [0.29, 0.717) is 17.7 Å². The van der Waals surface area contributed by atoms with Gasteiger partial charge in [0.1, 0.15) is 5.54 Å². The number of carbonyl (C=O) groups is 4. The zero-order valence-electron chi connectivity index (χ0n) is 17.7. The lowest BCUT2D eigenvalue weighted by atomic mass is 9.89. The van der Waals surface area contributed by atoms with Crippen molar-refractivity contribution in [1.82, 2.24) is 10.2 Å². The van der Waals surface area contributed by atoms with E-state index in [-0.39, 0.29) is 18.2 Å². The number of amides is 4. The highest BCUT2D eigenvalue weighted by molar-refractivity contribution is 6.11. The van der Waals surface area contributed by atoms with E-state index in [1.807, 2.05) is 18.2 Å². The molecule has 2 aliphatic rings. The Morgan fingerprint density at radius 3 is 2.48 bits per heavy atom. The summed E-state index contributed by atoms with van der Waals surface area (Å²) in [6.45, 7) is 3.09. The van der Waals surface area contributed by atoms with Crippen LogP contribution in [0.3, 0.4) is 0 Å². The highest BCUT2D eigenvalue weighted by Crippen LogP contribution is 2.32. The van der Waals surface area contributed by atoms with Crippen molar-refractivity contribution >= 4 is 29.3 Å². The maximum absolute atomic E-state index is 13.2. The third kappa shape index (κ3) is 3.83. The van der Waals surface area contributed by atoms with Crippen LogP contribution in [0.5, 0.6) is 0 Å². The first-order valence-electron chi connectivity index (χ1n) is 10.5. The Kier molecular flexibility index (Phi) is 5.35. The van der Waals surface area contributed by atoms with Crippen molar-refractivity contribution < 1.29 is 19.2 Å². The maximum atomic E-state index is 13.2. The number of imide groups is 1. The number of Topliss-reactive ketones (excluding diaryl/α,β-unsaturated/α-hetero) is 1. The summed E-state index contributed by atoms with van der Waals surface area (Å²) in [4.78, 5) is 50.9. The summed E-state index contributed by atoms with van der Waals surface area (Å²) in [5.41, 5.74) is 2.99. The number of ketones is 1. The second-order valence-corrected chi connectivity index (χ2v) is 8.19. The van der Waals surface area contributed by atoms with E-state index in [0.717, 1.165) is 29.7 Å². The van der Waals surface area contributed by atoms with Crippen LogP contribution >= 0.6 is 0 Å². The Labute approximate surface area is 180 Å². The van der Waals surface area contributed by atoms with Gasteiger partial charge in [-0.1, -0.05) is 25.1 Å². The lowest BCUT2D eigenvalue weighted by molar-refractivity contribution is -0.130. The molecule has 1 aliphatic heterocycles. The van der Waals surface area contributed by atoms with E-state index in [9.17, 15) is 19.2 Å². The quantitative estimate of drug-likeness (QED) is 0.555. The second-order valence-electron chi connectivity index (χ2n) is 8.19. The molecule has 1 aliphatic carbocycles. The van der Waals surface area contributed by atoms with Crippen LogP contribution in [0.1, 0.15) is 53.7 Å². The predicted octanol–water partition coefficient (Wildman–Crippen LogP) is 3.17. The van der Waals surface area contributed by atoms with Crippen LogP contribution in [0.2, 0.25) is 0 Å². The van der Waals surface area contributed by atoms with Gasteiger partial charge >= 0.3 is 6.03 Å². The number of hydrogen-bond donors (Lipinski definition) is 2. The SMILES string of the molecule is CCC(=O)Nc1ccc(C(=O)CN2C(=O)N[C@](C)(c3ccc4c(c3)CCC4)C2=O)cc1. The Balaban J connectivity index is 1.49. The third-order valence-electron chi connectivity index (χ3n) is 6.06. The summed E-state index contributed by atoms with van der Waals surface area (Å²) in [6, 6.07) is 11.7. The van der Waals surface area contributed by atoms with E-state index in [1.54, 1.807) is 38.1 Å². The molecule has 1 heterocycles. The molecule has 0 saturated carbocycles. The number of hydrogen-bond acceptors (Lipinski definition) is 4. The number of carbonyl (C=O) groups excluding carboxylic acids is 4. The van der Waals surface area contributed by atoms with Crippen molar-refractivity contribution in [2.24, 2.45) is 0 Å². The molecule has 0 spiro atoms. The summed E-state index contributed by atoms with van der Waals surface area (Å²) < 4.78 is 0. The van der Waals surface area contributed by atoms with Gasteiger partial charge in [-0.25, -0.2) is 4.79 Å². The fraction of sp³-hybridized carbons (Fsp3) is 0.333. The van der Waals surface area contributed by atoms with Gasteiger partial charge in [0.05, 0.1) is 6.54 Å². The molecule has 0 bridgehead atoms. The third-order valence-corrected chi connectivity index (χ3v) is 6.06. The average molecular weight is 419 g/mol. The van der Waals surface area contributed by atoms with Crippen LogP contribution in [-0.4, -0.2) is 35.1 Å². The van der Waals surface area contributed by atoms with Crippen molar-refractivity contribution in [2.45, 2.75) is 45.1 Å². The van der Waals surface area contributed by atoms with Gasteiger partial charge in [0, 0.05) is 17.7 Å². The van der Waals surface area contributed by atoms with E-state index < -0.39 is 17.5 Å². The topological polar surface area (TPSA) is 95.6 Å². The number of nitrogens with one attached hydrogen (secondary N) is 2. The first-order chi connectivity index (χ1) is 14.8. The first-order valence-corrected chi connectivity index (χ1v) is 10.5. The number of benzene rings is 2. The van der Waals surface area contributed by atoms with Gasteiger partial charge in [-0.05, 0) is 67.1 Å². The molecular weight excluding hydrogens is 394 g/mol. The largest absolute Gasteiger partial charge is 0.326 e. The molecule has 4 amide bonds. The smallest absolute Gasteiger partial charge is 0.325 e. The summed E-state index contributed by atoms with van der Waals surface area (Å²) >= 11 is 0. The van der Waals surface area contributed by atoms with Crippen LogP contribution < -0.4 is 10.6 Å². The zero-order chi connectivity index (χ0) is 22.2. The van der Waals surface area contributed by atoms with Gasteiger partial charge in [-0.2, -0.15) is 0 Å². The Hall–Kier alpha value is -3.48. The van der Waals surface area contributed by atoms with Gasteiger partial charge in [0.25, 0.3) is 5.91 Å². The van der Waals surface area contributed by atoms with E-state index in [4.69, 9.17) is 0 Å². The lowest BCUT2D eigenvalue weighted by Gasteiger charge is -2.23. The Bertz CT molecular complexity index is 1080. The molecule has 1 fully saturated rings. The molecule has 1 atom stereocenters. The fourth-order valence-corrected chi connectivity index (χ4v) is 4.14. The Morgan fingerprint density at radius 1 is 1.06 bits per heavy atom. The minimum atomic E-state index is -1.19. The highest BCUT2D eigenvalue weighted by Gasteiger charge is 2.49. The highest BCUT2D eigenvalue weighted by atomic mass is 16.2. The average Bonchev–Trinajstić information content (AvgIpc) is 3.32. The lowest BCUT2D eigenvalue weighted by Crippen LogP contribution is -2.41. The summed E-state index contributed by atoms with van der Waals surface area (Å²) in [7, 11) is 0. The number of anilines is 1. The van der Waals surface area contributed by atoms with Crippen LogP contribution in [0.15, 0.2) is 42.5 Å². The standard InChI is InChI=1S/C24H25N3O4/c1-3-21(29)25-19-11-8-16(9-12-19)20(28)14-27-22(30)24(2,26-23(27)31)18-10-7-15-5-4-6-17(15)13-18/h7-13H,3-6,14H2,1-2H3,(H,25,29)(H,26,31)/t24-/m1/s1. The monoisotopic (exact) mass is 419 g/mol. The summed E-state index contributed by atoms with van der Waals surface area (Å²) in [5, 5.41) is 5.48. The molecule has 0 aromatic heterocycles. The van der Waals surface area contributed by atoms with Crippen LogP contribution in [0.4, 0.5) is 10.5 Å². The molecule has 4 rings (SSSR count). The van der Waals surface area contributed by atoms with Crippen molar-refractivity contribution in [2.75, 3.05) is 11.9 Å². The van der Waals surface area contributed by atoms with Crippen molar-refractivity contribution in [3.8, 4) is 0 Å². The number of aryl methyl sites for hydroxylation is 2. The first kappa shape index (κ1) is 20.8. The van der Waals surface area contributed by atoms with E-state index in [1.165, 1.54) is 11.1 Å². The molecule has 31 heavy (non-hydrogen) atoms. The summed E-state index contributed by atoms with van der Waals surface area (Å²) in [5.74, 6) is -0.907. The Morgan fingerprint density at radius 2 is 1.77 bits per heavy atom. The van der Waals surface area contributed by atoms with Crippen LogP contribution in [-0.2, 0) is 28.0 Å². The van der Waals surface area contributed by atoms with Crippen LogP contribution in [0, 0.1) is 0 Å². The normalized spacial score (nSPS) is 19.9. The molecule has 2 N–H and O–H groups in total. The minimum absolute atomic E-state index is 0.121. The van der Waals surface area contributed by atoms with Gasteiger partial charge in [-0.3, -0.25) is 19.3 Å². The fourth-order valence-electron chi connectivity index (χ4n) is 4.14. The molecule has 2 aromatic carbocycles. The minimum Gasteiger partial charge on any atom is -0.326 e. The zero-order valence-corrected chi connectivity index (χ0v) is 17.7. The van der Waals surface area contributed by atoms with Crippen molar-refractivity contribution in [1.29, 1.82) is 0 Å². The van der Waals surface area contributed by atoms with Gasteiger partial charge in [-0.15, -0.1) is 0 Å². The van der Waals surface area contributed by atoms with Crippen molar-refractivity contribution in [3.63, 3.8) is 0 Å². The molecule has 0 unspecified atom stereocenters. The molecule has 1 saturated heterocycles. The van der Waals surface area contributed by atoms with E-state index >= 15 is 0 Å². The van der Waals surface area contributed by atoms with E-state index in [2.05, 4.69) is 10.6 Å². The van der Waals surface area contributed by atoms with Gasteiger partial charge < -0.3 is 10.6 Å². The predicted molar refractivity (Wildman–Crippen MR) is 116 cm³/mol. The molecule has 0 radical (unpaired) electrons. The molecular formula is C24H25N3O4. The molecule has 160 valence electrons. The second kappa shape index (κ2) is 7.98. The van der Waals surface area contributed by atoms with Gasteiger partial charge in [0.15, 0.2) is 5.78 Å². The number of rotatable bonds is 6. The summed E-state index contributed by atoms with van der Waals surface area (Å²) in [6.07, 6.45) is 3.46. The van der Waals surface area contributed by atoms with Crippen molar-refractivity contribution in [3.05, 3.63) is 64.7 Å². The molecule has 7 nitrogen and oxygen atoms in total. The number of urea groups is 1. The maximum Gasteiger partial charge on any atom is 0.325 e. The number of fused-ring (bicyclic) bond motifs is 1. The van der Waals surface area contributed by atoms with Gasteiger partial charge in [0.2, 0.25) is 5.91 Å². The van der Waals surface area contributed by atoms with Crippen LogP contribution in [0.25, 0.3) is 0 Å².